The van der Waals surface area contributed by atoms with E-state index in [2.05, 4.69) is 71.0 Å². The van der Waals surface area contributed by atoms with Crippen LogP contribution in [0.4, 0.5) is 5.69 Å². The van der Waals surface area contributed by atoms with E-state index < -0.39 is 0 Å². The molecule has 0 amide bonds. The molecule has 1 N–H and O–H groups in total. The summed E-state index contributed by atoms with van der Waals surface area (Å²) in [5.41, 5.74) is 4.65. The number of fused-ring (bicyclic) bond motifs is 1. The summed E-state index contributed by atoms with van der Waals surface area (Å²) in [6.07, 6.45) is 1.99. The van der Waals surface area contributed by atoms with Crippen molar-refractivity contribution in [2.45, 2.75) is 11.4 Å². The Morgan fingerprint density at radius 1 is 0.800 bits per heavy atom. The van der Waals surface area contributed by atoms with Gasteiger partial charge >= 0.3 is 0 Å². The maximum absolute atomic E-state index is 4.67. The van der Waals surface area contributed by atoms with Gasteiger partial charge in [-0.25, -0.2) is 0 Å². The van der Waals surface area contributed by atoms with Crippen molar-refractivity contribution in [1.29, 1.82) is 0 Å². The summed E-state index contributed by atoms with van der Waals surface area (Å²) in [5, 5.41) is 3.58. The van der Waals surface area contributed by atoms with E-state index in [0.717, 1.165) is 16.3 Å². The number of aliphatic imine (C=N–C) groups is 1. The molecule has 0 bridgehead atoms. The highest BCUT2D eigenvalue weighted by molar-refractivity contribution is 8.04. The van der Waals surface area contributed by atoms with Crippen LogP contribution in [0.5, 0.6) is 0 Å². The predicted octanol–water partition coefficient (Wildman–Crippen LogP) is 5.84. The highest BCUT2D eigenvalue weighted by Gasteiger charge is 2.18. The van der Waals surface area contributed by atoms with Crippen LogP contribution in [0, 0.1) is 0 Å². The minimum absolute atomic E-state index is 0.689. The molecule has 3 heteroatoms. The highest BCUT2D eigenvalue weighted by atomic mass is 32.2. The number of allylic oxidation sites excluding steroid dienone is 1. The molecular formula is C22H18N2S. The van der Waals surface area contributed by atoms with Gasteiger partial charge < -0.3 is 5.32 Å². The Labute approximate surface area is 152 Å². The fraction of sp³-hybridized carbons (Fsp3) is 0.0455. The van der Waals surface area contributed by atoms with Gasteiger partial charge in [0.25, 0.3) is 0 Å². The molecule has 1 aliphatic rings. The molecule has 0 fully saturated rings. The first-order chi connectivity index (χ1) is 12.4. The van der Waals surface area contributed by atoms with E-state index in [1.807, 2.05) is 30.5 Å². The summed E-state index contributed by atoms with van der Waals surface area (Å²) in [4.78, 5) is 7.04. The molecule has 0 radical (unpaired) electrons. The molecular weight excluding hydrogens is 324 g/mol. The van der Waals surface area contributed by atoms with Gasteiger partial charge in [-0.2, -0.15) is 0 Å². The van der Waals surface area contributed by atoms with Crippen molar-refractivity contribution >= 4 is 29.4 Å². The Morgan fingerprint density at radius 3 is 2.28 bits per heavy atom. The lowest BCUT2D eigenvalue weighted by atomic mass is 10.1. The van der Waals surface area contributed by atoms with Crippen molar-refractivity contribution in [3.05, 3.63) is 101 Å². The summed E-state index contributed by atoms with van der Waals surface area (Å²) < 4.78 is 0. The Morgan fingerprint density at radius 2 is 1.48 bits per heavy atom. The fourth-order valence-electron chi connectivity index (χ4n) is 2.75. The lowest BCUT2D eigenvalue weighted by molar-refractivity contribution is 1.08. The first-order valence-electron chi connectivity index (χ1n) is 8.27. The largest absolute Gasteiger partial charge is 0.353 e. The van der Waals surface area contributed by atoms with E-state index in [0.29, 0.717) is 6.54 Å². The Hall–Kier alpha value is -2.78. The summed E-state index contributed by atoms with van der Waals surface area (Å²) in [6, 6.07) is 29.1. The topological polar surface area (TPSA) is 24.4 Å². The third kappa shape index (κ3) is 3.67. The second kappa shape index (κ2) is 7.41. The van der Waals surface area contributed by atoms with Gasteiger partial charge in [0.05, 0.1) is 22.8 Å². The van der Waals surface area contributed by atoms with Crippen LogP contribution in [-0.2, 0) is 6.54 Å². The van der Waals surface area contributed by atoms with E-state index in [1.54, 1.807) is 11.8 Å². The Balaban J connectivity index is 1.66. The molecule has 25 heavy (non-hydrogen) atoms. The van der Waals surface area contributed by atoms with E-state index in [-0.39, 0.29) is 0 Å². The van der Waals surface area contributed by atoms with Crippen LogP contribution in [-0.4, -0.2) is 6.21 Å². The maximum atomic E-state index is 4.67. The monoisotopic (exact) mass is 342 g/mol. The normalized spacial score (nSPS) is 13.6. The number of anilines is 1. The molecule has 3 aromatic rings. The smallest absolute Gasteiger partial charge is 0.0640 e. The first kappa shape index (κ1) is 15.7. The predicted molar refractivity (Wildman–Crippen MR) is 108 cm³/mol. The molecule has 3 aromatic carbocycles. The zero-order valence-corrected chi connectivity index (χ0v) is 14.5. The molecule has 0 unspecified atom stereocenters. The first-order valence-corrected chi connectivity index (χ1v) is 9.09. The maximum Gasteiger partial charge on any atom is 0.0640 e. The van der Waals surface area contributed by atoms with Crippen molar-refractivity contribution in [1.82, 2.24) is 0 Å². The van der Waals surface area contributed by atoms with Crippen molar-refractivity contribution in [2.75, 3.05) is 5.32 Å². The lowest BCUT2D eigenvalue weighted by Gasteiger charge is -2.22. The minimum atomic E-state index is 0.689. The van der Waals surface area contributed by atoms with E-state index in [4.69, 9.17) is 0 Å². The van der Waals surface area contributed by atoms with E-state index >= 15 is 0 Å². The average Bonchev–Trinajstić information content (AvgIpc) is 2.69. The fourth-order valence-corrected chi connectivity index (χ4v) is 3.76. The molecule has 2 nitrogen and oxygen atoms in total. The summed E-state index contributed by atoms with van der Waals surface area (Å²) >= 11 is 1.76. The van der Waals surface area contributed by atoms with Gasteiger partial charge in [0.1, 0.15) is 0 Å². The highest BCUT2D eigenvalue weighted by Crippen LogP contribution is 2.41. The van der Waals surface area contributed by atoms with Crippen LogP contribution in [0.3, 0.4) is 0 Å². The van der Waals surface area contributed by atoms with Crippen molar-refractivity contribution in [3.63, 3.8) is 0 Å². The summed E-state index contributed by atoms with van der Waals surface area (Å²) in [7, 11) is 0. The summed E-state index contributed by atoms with van der Waals surface area (Å²) in [5.74, 6) is 0. The molecule has 0 saturated carbocycles. The third-order valence-corrected chi connectivity index (χ3v) is 5.11. The third-order valence-electron chi connectivity index (χ3n) is 4.00. The van der Waals surface area contributed by atoms with Crippen LogP contribution in [0.15, 0.2) is 99.7 Å². The van der Waals surface area contributed by atoms with Crippen LogP contribution in [0.2, 0.25) is 0 Å². The van der Waals surface area contributed by atoms with Crippen molar-refractivity contribution in [2.24, 2.45) is 4.99 Å². The number of hydrogen-bond donors (Lipinski definition) is 1. The quantitative estimate of drug-likeness (QED) is 0.602. The van der Waals surface area contributed by atoms with Gasteiger partial charge in [-0.1, -0.05) is 84.6 Å². The van der Waals surface area contributed by atoms with E-state index in [1.165, 1.54) is 16.0 Å². The van der Waals surface area contributed by atoms with Crippen LogP contribution < -0.4 is 5.32 Å². The number of hydrogen-bond acceptors (Lipinski definition) is 3. The average molecular weight is 342 g/mol. The van der Waals surface area contributed by atoms with Crippen LogP contribution in [0.25, 0.3) is 5.70 Å². The number of nitrogens with one attached hydrogen (secondary N) is 1. The minimum Gasteiger partial charge on any atom is -0.353 e. The van der Waals surface area contributed by atoms with Crippen LogP contribution >= 0.6 is 11.8 Å². The van der Waals surface area contributed by atoms with E-state index in [9.17, 15) is 0 Å². The van der Waals surface area contributed by atoms with Gasteiger partial charge in [0.15, 0.2) is 0 Å². The zero-order chi connectivity index (χ0) is 16.9. The van der Waals surface area contributed by atoms with Gasteiger partial charge in [-0.15, -0.1) is 0 Å². The standard InChI is InChI=1S/C22H18N2S/c1-3-9-17(10-4-1)15-23-16-21-22(18-11-5-2-6-12-18)24-19-13-7-8-14-20(19)25-21/h1-14,16,24H,15H2. The number of para-hydroxylation sites is 1. The number of thioether (sulfide) groups is 1. The molecule has 4 rings (SSSR count). The molecule has 0 aromatic heterocycles. The molecule has 1 aliphatic heterocycles. The number of rotatable bonds is 4. The second-order valence-electron chi connectivity index (χ2n) is 5.78. The Kier molecular flexibility index (Phi) is 4.66. The zero-order valence-electron chi connectivity index (χ0n) is 13.7. The van der Waals surface area contributed by atoms with Crippen LogP contribution in [0.1, 0.15) is 11.1 Å². The van der Waals surface area contributed by atoms with Gasteiger partial charge in [-0.05, 0) is 23.3 Å². The molecule has 0 spiro atoms. The SMILES string of the molecule is C(=NCc1ccccc1)C1=C(c2ccccc2)Nc2ccccc2S1. The molecule has 122 valence electrons. The number of nitrogens with zero attached hydrogens (tertiary/aromatic N) is 1. The second-order valence-corrected chi connectivity index (χ2v) is 6.87. The molecule has 0 saturated heterocycles. The summed E-state index contributed by atoms with van der Waals surface area (Å²) in [6.45, 7) is 0.689. The van der Waals surface area contributed by atoms with Gasteiger partial charge in [0.2, 0.25) is 0 Å². The lowest BCUT2D eigenvalue weighted by Crippen LogP contribution is -2.07. The van der Waals surface area contributed by atoms with Crippen molar-refractivity contribution in [3.8, 4) is 0 Å². The van der Waals surface area contributed by atoms with Crippen molar-refractivity contribution < 1.29 is 0 Å². The molecule has 0 atom stereocenters. The molecule has 0 aliphatic carbocycles. The van der Waals surface area contributed by atoms with Gasteiger partial charge in [-0.3, -0.25) is 4.99 Å². The Bertz CT molecular complexity index is 915. The number of benzene rings is 3. The molecule has 1 heterocycles. The van der Waals surface area contributed by atoms with Gasteiger partial charge in [0, 0.05) is 11.1 Å².